The van der Waals surface area contributed by atoms with E-state index in [1.54, 1.807) is 6.92 Å². The number of rotatable bonds is 13. The van der Waals surface area contributed by atoms with Gasteiger partial charge in [-0.3, -0.25) is 4.79 Å². The molecule has 2 nitrogen and oxygen atoms in total. The molecule has 2 aromatic carbocycles. The average Bonchev–Trinajstić information content (AvgIpc) is 2.67. The van der Waals surface area contributed by atoms with Gasteiger partial charge in [0.05, 0.1) is 13.2 Å². The summed E-state index contributed by atoms with van der Waals surface area (Å²) in [7, 11) is 0. The Balaban J connectivity index is 1.72. The second kappa shape index (κ2) is 13.0. The topological polar surface area (TPSA) is 26.3 Å². The van der Waals surface area contributed by atoms with E-state index in [-0.39, 0.29) is 5.78 Å². The van der Waals surface area contributed by atoms with Crippen LogP contribution in [0.15, 0.2) is 60.7 Å². The van der Waals surface area contributed by atoms with E-state index < -0.39 is 0 Å². The number of hydrogen-bond donors (Lipinski definition) is 0. The van der Waals surface area contributed by atoms with Crippen molar-refractivity contribution in [1.82, 2.24) is 0 Å². The van der Waals surface area contributed by atoms with Crippen LogP contribution in [0.4, 0.5) is 0 Å². The summed E-state index contributed by atoms with van der Waals surface area (Å²) in [6, 6.07) is 21.2. The molecule has 0 N–H and O–H groups in total. The molecule has 0 fully saturated rings. The van der Waals surface area contributed by atoms with Crippen molar-refractivity contribution in [3.8, 4) is 0 Å². The number of carbonyl (C=O) groups excluding carboxylic acids is 1. The van der Waals surface area contributed by atoms with Crippen molar-refractivity contribution in [1.29, 1.82) is 0 Å². The fraction of sp³-hybridized carbons (Fsp3) is 0.409. The first kappa shape index (κ1) is 21.1. The molecule has 0 amide bonds. The maximum atomic E-state index is 11.1. The molecule has 0 saturated heterocycles. The SMILES string of the molecule is CC(=O)CCOCC(CCSCc1ccccc1)SCc1ccccc1. The second-order valence-electron chi connectivity index (χ2n) is 6.27. The van der Waals surface area contributed by atoms with E-state index in [9.17, 15) is 4.79 Å². The van der Waals surface area contributed by atoms with Gasteiger partial charge < -0.3 is 4.74 Å². The van der Waals surface area contributed by atoms with Crippen LogP contribution < -0.4 is 0 Å². The van der Waals surface area contributed by atoms with Gasteiger partial charge in [0, 0.05) is 23.2 Å². The molecule has 26 heavy (non-hydrogen) atoms. The first-order valence-electron chi connectivity index (χ1n) is 9.08. The highest BCUT2D eigenvalue weighted by atomic mass is 32.2. The van der Waals surface area contributed by atoms with E-state index >= 15 is 0 Å². The number of thioether (sulfide) groups is 2. The highest BCUT2D eigenvalue weighted by molar-refractivity contribution is 7.99. The summed E-state index contributed by atoms with van der Waals surface area (Å²) < 4.78 is 5.76. The quantitative estimate of drug-likeness (QED) is 0.417. The molecule has 0 aromatic heterocycles. The van der Waals surface area contributed by atoms with Crippen molar-refractivity contribution in [3.05, 3.63) is 71.8 Å². The molecule has 1 unspecified atom stereocenters. The Morgan fingerprint density at radius 2 is 1.58 bits per heavy atom. The molecule has 0 heterocycles. The highest BCUT2D eigenvalue weighted by Gasteiger charge is 2.11. The molecule has 0 aliphatic carbocycles. The highest BCUT2D eigenvalue weighted by Crippen LogP contribution is 2.23. The molecule has 0 aliphatic rings. The predicted octanol–water partition coefficient (Wildman–Crippen LogP) is 5.61. The van der Waals surface area contributed by atoms with Crippen molar-refractivity contribution >= 4 is 29.3 Å². The van der Waals surface area contributed by atoms with Crippen LogP contribution in [0.2, 0.25) is 0 Å². The van der Waals surface area contributed by atoms with Crippen LogP contribution in [-0.2, 0) is 21.0 Å². The molecular formula is C22H28O2S2. The van der Waals surface area contributed by atoms with Crippen LogP contribution in [0.3, 0.4) is 0 Å². The van der Waals surface area contributed by atoms with Crippen LogP contribution in [0.5, 0.6) is 0 Å². The lowest BCUT2D eigenvalue weighted by atomic mass is 10.2. The first-order chi connectivity index (χ1) is 12.7. The third-order valence-electron chi connectivity index (χ3n) is 3.93. The summed E-state index contributed by atoms with van der Waals surface area (Å²) in [5, 5.41) is 0.463. The molecule has 140 valence electrons. The summed E-state index contributed by atoms with van der Waals surface area (Å²) in [5.74, 6) is 3.38. The maximum absolute atomic E-state index is 11.1. The number of ketones is 1. The summed E-state index contributed by atoms with van der Waals surface area (Å²) in [6.45, 7) is 2.87. The van der Waals surface area contributed by atoms with Crippen LogP contribution >= 0.6 is 23.5 Å². The van der Waals surface area contributed by atoms with E-state index in [0.29, 0.717) is 18.3 Å². The van der Waals surface area contributed by atoms with Crippen LogP contribution in [0.25, 0.3) is 0 Å². The molecule has 4 heteroatoms. The standard InChI is InChI=1S/C22H28O2S2/c1-19(23)12-14-24-16-22(26-18-21-10-6-3-7-11-21)13-15-25-17-20-8-4-2-5-9-20/h2-11,22H,12-18H2,1H3. The largest absolute Gasteiger partial charge is 0.380 e. The van der Waals surface area contributed by atoms with Crippen LogP contribution in [-0.4, -0.2) is 30.0 Å². The Bertz CT molecular complexity index is 617. The molecule has 0 spiro atoms. The molecule has 1 atom stereocenters. The van der Waals surface area contributed by atoms with E-state index in [1.165, 1.54) is 11.1 Å². The molecule has 2 rings (SSSR count). The fourth-order valence-corrected chi connectivity index (χ4v) is 4.68. The predicted molar refractivity (Wildman–Crippen MR) is 115 cm³/mol. The zero-order valence-corrected chi connectivity index (χ0v) is 17.1. The average molecular weight is 389 g/mol. The Labute approximate surface area is 166 Å². The first-order valence-corrected chi connectivity index (χ1v) is 11.3. The minimum atomic E-state index is 0.192. The van der Waals surface area contributed by atoms with Crippen molar-refractivity contribution < 1.29 is 9.53 Å². The van der Waals surface area contributed by atoms with Gasteiger partial charge in [0.25, 0.3) is 0 Å². The zero-order valence-electron chi connectivity index (χ0n) is 15.4. The van der Waals surface area contributed by atoms with Crippen molar-refractivity contribution in [2.24, 2.45) is 0 Å². The van der Waals surface area contributed by atoms with Gasteiger partial charge in [0.2, 0.25) is 0 Å². The lowest BCUT2D eigenvalue weighted by Crippen LogP contribution is -2.15. The smallest absolute Gasteiger partial charge is 0.132 e. The van der Waals surface area contributed by atoms with E-state index in [2.05, 4.69) is 60.7 Å². The maximum Gasteiger partial charge on any atom is 0.132 e. The number of ether oxygens (including phenoxy) is 1. The Morgan fingerprint density at radius 1 is 0.962 bits per heavy atom. The lowest BCUT2D eigenvalue weighted by molar-refractivity contribution is -0.118. The molecule has 2 aromatic rings. The molecule has 0 radical (unpaired) electrons. The minimum Gasteiger partial charge on any atom is -0.380 e. The van der Waals surface area contributed by atoms with Gasteiger partial charge in [-0.25, -0.2) is 0 Å². The Kier molecular flexibility index (Phi) is 10.6. The number of hydrogen-bond acceptors (Lipinski definition) is 4. The zero-order chi connectivity index (χ0) is 18.5. The van der Waals surface area contributed by atoms with Crippen molar-refractivity contribution in [2.75, 3.05) is 19.0 Å². The summed E-state index contributed by atoms with van der Waals surface area (Å²) in [4.78, 5) is 11.1. The van der Waals surface area contributed by atoms with Crippen molar-refractivity contribution in [2.45, 2.75) is 36.5 Å². The summed E-state index contributed by atoms with van der Waals surface area (Å²) in [6.07, 6.45) is 1.63. The Hall–Kier alpha value is -1.23. The normalized spacial score (nSPS) is 12.0. The molecule has 0 saturated carbocycles. The molecular weight excluding hydrogens is 360 g/mol. The van der Waals surface area contributed by atoms with E-state index in [1.807, 2.05) is 23.5 Å². The van der Waals surface area contributed by atoms with Gasteiger partial charge >= 0.3 is 0 Å². The van der Waals surface area contributed by atoms with Gasteiger partial charge in [-0.05, 0) is 30.2 Å². The van der Waals surface area contributed by atoms with Gasteiger partial charge in [-0.1, -0.05) is 60.7 Å². The van der Waals surface area contributed by atoms with Crippen LogP contribution in [0, 0.1) is 0 Å². The minimum absolute atomic E-state index is 0.192. The van der Waals surface area contributed by atoms with E-state index in [0.717, 1.165) is 30.3 Å². The third kappa shape index (κ3) is 9.46. The number of benzene rings is 2. The van der Waals surface area contributed by atoms with Gasteiger partial charge in [0.15, 0.2) is 0 Å². The summed E-state index contributed by atoms with van der Waals surface area (Å²) in [5.41, 5.74) is 2.73. The lowest BCUT2D eigenvalue weighted by Gasteiger charge is -2.17. The molecule has 0 aliphatic heterocycles. The fourth-order valence-electron chi connectivity index (χ4n) is 2.41. The number of carbonyl (C=O) groups is 1. The van der Waals surface area contributed by atoms with Gasteiger partial charge in [0.1, 0.15) is 5.78 Å². The molecule has 0 bridgehead atoms. The summed E-state index contributed by atoms with van der Waals surface area (Å²) >= 11 is 3.93. The monoisotopic (exact) mass is 388 g/mol. The van der Waals surface area contributed by atoms with Gasteiger partial charge in [-0.15, -0.1) is 0 Å². The van der Waals surface area contributed by atoms with E-state index in [4.69, 9.17) is 4.74 Å². The van der Waals surface area contributed by atoms with Crippen LogP contribution in [0.1, 0.15) is 30.9 Å². The second-order valence-corrected chi connectivity index (χ2v) is 8.67. The third-order valence-corrected chi connectivity index (χ3v) is 6.33. The Morgan fingerprint density at radius 3 is 2.19 bits per heavy atom. The number of Topliss-reactive ketones (excluding diaryl/α,β-unsaturated/α-hetero) is 1. The van der Waals surface area contributed by atoms with Crippen molar-refractivity contribution in [3.63, 3.8) is 0 Å². The van der Waals surface area contributed by atoms with Gasteiger partial charge in [-0.2, -0.15) is 23.5 Å².